The van der Waals surface area contributed by atoms with Crippen molar-refractivity contribution in [3.05, 3.63) is 23.3 Å². The van der Waals surface area contributed by atoms with E-state index in [-0.39, 0.29) is 0 Å². The minimum absolute atomic E-state index is 0.836. The van der Waals surface area contributed by atoms with Crippen molar-refractivity contribution >= 4 is 11.0 Å². The Morgan fingerprint density at radius 1 is 1.08 bits per heavy atom. The van der Waals surface area contributed by atoms with Crippen molar-refractivity contribution in [2.75, 3.05) is 0 Å². The van der Waals surface area contributed by atoms with Crippen LogP contribution < -0.4 is 0 Å². The van der Waals surface area contributed by atoms with Gasteiger partial charge in [0.15, 0.2) is 0 Å². The predicted octanol–water partition coefficient (Wildman–Crippen LogP) is 2.87. The largest absolute Gasteiger partial charge is 0.243 e. The monoisotopic (exact) mass is 178 g/mol. The zero-order chi connectivity index (χ0) is 9.84. The molecule has 0 aliphatic heterocycles. The molecule has 0 aliphatic carbocycles. The molecule has 1 heterocycles. The molecular weight excluding hydrogens is 164 g/mol. The van der Waals surface area contributed by atoms with E-state index >= 15 is 0 Å². The summed E-state index contributed by atoms with van der Waals surface area (Å²) in [5.41, 5.74) is 3.99. The van der Waals surface area contributed by atoms with E-state index in [1.807, 2.05) is 33.8 Å². The topological polar surface area (TPSA) is 38.9 Å². The normalized spacial score (nSPS) is 9.54. The van der Waals surface area contributed by atoms with Gasteiger partial charge in [-0.3, -0.25) is 0 Å². The van der Waals surface area contributed by atoms with E-state index in [2.05, 4.69) is 21.0 Å². The maximum absolute atomic E-state index is 4.60. The summed E-state index contributed by atoms with van der Waals surface area (Å²) in [7, 11) is 0. The zero-order valence-electron chi connectivity index (χ0n) is 8.46. The van der Waals surface area contributed by atoms with Gasteiger partial charge in [-0.15, -0.1) is 0 Å². The zero-order valence-corrected chi connectivity index (χ0v) is 8.46. The summed E-state index contributed by atoms with van der Waals surface area (Å²) in [5, 5.41) is 7.53. The van der Waals surface area contributed by atoms with Crippen LogP contribution in [0.3, 0.4) is 0 Å². The second-order valence-electron chi connectivity index (χ2n) is 2.71. The second-order valence-corrected chi connectivity index (χ2v) is 2.71. The van der Waals surface area contributed by atoms with Gasteiger partial charge in [0.1, 0.15) is 11.0 Å². The molecule has 13 heavy (non-hydrogen) atoms. The average molecular weight is 178 g/mol. The third kappa shape index (κ3) is 1.86. The Morgan fingerprint density at radius 3 is 2.46 bits per heavy atom. The Bertz CT molecular complexity index is 393. The van der Waals surface area contributed by atoms with Crippen molar-refractivity contribution in [3.63, 3.8) is 0 Å². The summed E-state index contributed by atoms with van der Waals surface area (Å²) in [5.74, 6) is 0. The highest BCUT2D eigenvalue weighted by Crippen LogP contribution is 2.15. The minimum Gasteiger partial charge on any atom is -0.243 e. The van der Waals surface area contributed by atoms with Crippen molar-refractivity contribution < 1.29 is 4.63 Å². The molecule has 1 aromatic heterocycles. The van der Waals surface area contributed by atoms with Gasteiger partial charge in [0.05, 0.1) is 0 Å². The quantitative estimate of drug-likeness (QED) is 0.622. The van der Waals surface area contributed by atoms with E-state index in [1.54, 1.807) is 0 Å². The van der Waals surface area contributed by atoms with E-state index < -0.39 is 0 Å². The maximum Gasteiger partial charge on any atom is 0.138 e. The number of nitrogens with zero attached hydrogens (tertiary/aromatic N) is 2. The van der Waals surface area contributed by atoms with Crippen LogP contribution in [0.1, 0.15) is 25.0 Å². The molecule has 0 atom stereocenters. The first-order valence-corrected chi connectivity index (χ1v) is 4.47. The SMILES string of the molecule is CC.Cc1cc(C)c2nonc2c1. The fourth-order valence-corrected chi connectivity index (χ4v) is 1.23. The number of aromatic nitrogens is 2. The van der Waals surface area contributed by atoms with Crippen LogP contribution in [0.15, 0.2) is 16.8 Å². The summed E-state index contributed by atoms with van der Waals surface area (Å²) in [6.45, 7) is 8.03. The van der Waals surface area contributed by atoms with Gasteiger partial charge in [-0.05, 0) is 41.4 Å². The Morgan fingerprint density at radius 2 is 1.77 bits per heavy atom. The molecule has 3 nitrogen and oxygen atoms in total. The number of aryl methyl sites for hydroxylation is 2. The van der Waals surface area contributed by atoms with Crippen LogP contribution in [0.4, 0.5) is 0 Å². The van der Waals surface area contributed by atoms with Gasteiger partial charge < -0.3 is 0 Å². The first-order valence-electron chi connectivity index (χ1n) is 4.47. The molecule has 0 aliphatic rings. The Balaban J connectivity index is 0.000000396. The Labute approximate surface area is 77.7 Å². The fourth-order valence-electron chi connectivity index (χ4n) is 1.23. The molecular formula is C10H14N2O. The van der Waals surface area contributed by atoms with Crippen molar-refractivity contribution in [2.45, 2.75) is 27.7 Å². The molecule has 70 valence electrons. The predicted molar refractivity (Wildman–Crippen MR) is 52.6 cm³/mol. The molecule has 3 heteroatoms. The lowest BCUT2D eigenvalue weighted by atomic mass is 10.1. The van der Waals surface area contributed by atoms with Crippen molar-refractivity contribution in [2.24, 2.45) is 0 Å². The second kappa shape index (κ2) is 4.03. The Hall–Kier alpha value is -1.38. The number of hydrogen-bond donors (Lipinski definition) is 0. The summed E-state index contributed by atoms with van der Waals surface area (Å²) in [6, 6.07) is 4.02. The van der Waals surface area contributed by atoms with Gasteiger partial charge in [0.2, 0.25) is 0 Å². The Kier molecular flexibility index (Phi) is 3.01. The standard InChI is InChI=1S/C8H8N2O.C2H6/c1-5-3-6(2)8-7(4-5)9-11-10-8;1-2/h3-4H,1-2H3;1-2H3. The molecule has 0 unspecified atom stereocenters. The molecule has 0 saturated carbocycles. The average Bonchev–Trinajstić information content (AvgIpc) is 2.55. The van der Waals surface area contributed by atoms with Gasteiger partial charge in [-0.2, -0.15) is 0 Å². The van der Waals surface area contributed by atoms with E-state index in [9.17, 15) is 0 Å². The lowest BCUT2D eigenvalue weighted by molar-refractivity contribution is 0.315. The van der Waals surface area contributed by atoms with Gasteiger partial charge >= 0.3 is 0 Å². The number of benzene rings is 1. The summed E-state index contributed by atoms with van der Waals surface area (Å²) < 4.78 is 4.60. The molecule has 0 fully saturated rings. The van der Waals surface area contributed by atoms with Crippen LogP contribution in [-0.4, -0.2) is 10.3 Å². The molecule has 0 radical (unpaired) electrons. The highest BCUT2D eigenvalue weighted by Gasteiger charge is 2.02. The van der Waals surface area contributed by atoms with Crippen LogP contribution in [0.2, 0.25) is 0 Å². The summed E-state index contributed by atoms with van der Waals surface area (Å²) in [6.07, 6.45) is 0. The maximum atomic E-state index is 4.60. The van der Waals surface area contributed by atoms with Crippen molar-refractivity contribution in [1.82, 2.24) is 10.3 Å². The lowest BCUT2D eigenvalue weighted by Crippen LogP contribution is -1.79. The van der Waals surface area contributed by atoms with Crippen LogP contribution in [0, 0.1) is 13.8 Å². The molecule has 0 saturated heterocycles. The van der Waals surface area contributed by atoms with E-state index in [0.717, 1.165) is 16.6 Å². The molecule has 2 rings (SSSR count). The van der Waals surface area contributed by atoms with Crippen LogP contribution >= 0.6 is 0 Å². The molecule has 1 aromatic carbocycles. The number of rotatable bonds is 0. The minimum atomic E-state index is 0.836. The molecule has 0 bridgehead atoms. The van der Waals surface area contributed by atoms with Gasteiger partial charge in [-0.1, -0.05) is 19.9 Å². The summed E-state index contributed by atoms with van der Waals surface area (Å²) in [4.78, 5) is 0. The molecule has 0 amide bonds. The van der Waals surface area contributed by atoms with Crippen molar-refractivity contribution in [1.29, 1.82) is 0 Å². The molecule has 2 aromatic rings. The van der Waals surface area contributed by atoms with E-state index in [1.165, 1.54) is 5.56 Å². The number of fused-ring (bicyclic) bond motifs is 1. The molecule has 0 spiro atoms. The fraction of sp³-hybridized carbons (Fsp3) is 0.400. The van der Waals surface area contributed by atoms with Gasteiger partial charge in [0, 0.05) is 0 Å². The van der Waals surface area contributed by atoms with Crippen molar-refractivity contribution in [3.8, 4) is 0 Å². The third-order valence-corrected chi connectivity index (χ3v) is 1.70. The smallest absolute Gasteiger partial charge is 0.138 e. The number of hydrogen-bond acceptors (Lipinski definition) is 3. The van der Waals surface area contributed by atoms with E-state index in [0.29, 0.717) is 0 Å². The van der Waals surface area contributed by atoms with Gasteiger partial charge in [-0.25, -0.2) is 4.63 Å². The molecule has 0 N–H and O–H groups in total. The first-order chi connectivity index (χ1) is 6.27. The van der Waals surface area contributed by atoms with Crippen LogP contribution in [0.5, 0.6) is 0 Å². The lowest BCUT2D eigenvalue weighted by Gasteiger charge is -1.93. The van der Waals surface area contributed by atoms with E-state index in [4.69, 9.17) is 0 Å². The van der Waals surface area contributed by atoms with Gasteiger partial charge in [0.25, 0.3) is 0 Å². The highest BCUT2D eigenvalue weighted by atomic mass is 16.6. The third-order valence-electron chi connectivity index (χ3n) is 1.70. The highest BCUT2D eigenvalue weighted by molar-refractivity contribution is 5.77. The van der Waals surface area contributed by atoms with Crippen LogP contribution in [-0.2, 0) is 0 Å². The first kappa shape index (κ1) is 9.71. The van der Waals surface area contributed by atoms with Crippen LogP contribution in [0.25, 0.3) is 11.0 Å². The summed E-state index contributed by atoms with van der Waals surface area (Å²) >= 11 is 0.